The van der Waals surface area contributed by atoms with Crippen molar-refractivity contribution in [3.63, 3.8) is 0 Å². The van der Waals surface area contributed by atoms with Crippen LogP contribution in [-0.4, -0.2) is 25.5 Å². The van der Waals surface area contributed by atoms with E-state index in [4.69, 9.17) is 0 Å². The molecule has 1 N–H and O–H groups in total. The molecule has 0 fully saturated rings. The van der Waals surface area contributed by atoms with Gasteiger partial charge >= 0.3 is 6.18 Å². The standard InChI is InChI=1S/C19H20F3N5O/c1-13-3-5-15(6-4-13)11-26-12-16(10-23-26)24-18(28)7-8-27-14(2)9-17(25-27)19(20,21)22/h3-6,9-10,12H,7-8,11H2,1-2H3,(H,24,28). The van der Waals surface area contributed by atoms with Crippen LogP contribution in [-0.2, 0) is 24.1 Å². The van der Waals surface area contributed by atoms with Gasteiger partial charge in [-0.05, 0) is 25.5 Å². The van der Waals surface area contributed by atoms with Gasteiger partial charge in [-0.3, -0.25) is 14.2 Å². The van der Waals surface area contributed by atoms with E-state index < -0.39 is 11.9 Å². The van der Waals surface area contributed by atoms with Crippen LogP contribution in [0.5, 0.6) is 0 Å². The van der Waals surface area contributed by atoms with Crippen LogP contribution in [0.2, 0.25) is 0 Å². The number of benzene rings is 1. The minimum Gasteiger partial charge on any atom is -0.323 e. The molecule has 3 rings (SSSR count). The molecular formula is C19H20F3N5O. The van der Waals surface area contributed by atoms with Gasteiger partial charge in [-0.2, -0.15) is 23.4 Å². The maximum Gasteiger partial charge on any atom is 0.435 e. The summed E-state index contributed by atoms with van der Waals surface area (Å²) < 4.78 is 40.9. The molecule has 0 aliphatic carbocycles. The van der Waals surface area contributed by atoms with E-state index in [0.717, 1.165) is 11.6 Å². The smallest absolute Gasteiger partial charge is 0.323 e. The second-order valence-corrected chi connectivity index (χ2v) is 6.60. The van der Waals surface area contributed by atoms with E-state index in [9.17, 15) is 18.0 Å². The molecule has 0 atom stereocenters. The lowest BCUT2D eigenvalue weighted by Gasteiger charge is -2.05. The minimum absolute atomic E-state index is 0.00294. The number of carbonyl (C=O) groups excluding carboxylic acids is 1. The van der Waals surface area contributed by atoms with E-state index in [1.807, 2.05) is 31.2 Å². The molecule has 0 saturated carbocycles. The van der Waals surface area contributed by atoms with Gasteiger partial charge in [0.2, 0.25) is 5.91 Å². The van der Waals surface area contributed by atoms with Crippen molar-refractivity contribution in [2.45, 2.75) is 39.5 Å². The number of nitrogens with zero attached hydrogens (tertiary/aromatic N) is 4. The predicted molar refractivity (Wildman–Crippen MR) is 97.7 cm³/mol. The zero-order chi connectivity index (χ0) is 20.3. The molecule has 0 saturated heterocycles. The normalized spacial score (nSPS) is 11.6. The van der Waals surface area contributed by atoms with Gasteiger partial charge in [-0.1, -0.05) is 29.8 Å². The monoisotopic (exact) mass is 391 g/mol. The van der Waals surface area contributed by atoms with Gasteiger partial charge in [0.15, 0.2) is 5.69 Å². The van der Waals surface area contributed by atoms with Crippen LogP contribution in [0.25, 0.3) is 0 Å². The highest BCUT2D eigenvalue weighted by Gasteiger charge is 2.34. The molecule has 28 heavy (non-hydrogen) atoms. The number of hydrogen-bond donors (Lipinski definition) is 1. The number of hydrogen-bond acceptors (Lipinski definition) is 3. The van der Waals surface area contributed by atoms with Crippen LogP contribution in [0.15, 0.2) is 42.7 Å². The van der Waals surface area contributed by atoms with Gasteiger partial charge in [0, 0.05) is 24.9 Å². The Morgan fingerprint density at radius 2 is 1.89 bits per heavy atom. The van der Waals surface area contributed by atoms with E-state index in [2.05, 4.69) is 15.5 Å². The molecule has 0 aliphatic rings. The van der Waals surface area contributed by atoms with E-state index >= 15 is 0 Å². The SMILES string of the molecule is Cc1ccc(Cn2cc(NC(=O)CCn3nc(C(F)(F)F)cc3C)cn2)cc1. The van der Waals surface area contributed by atoms with Crippen molar-refractivity contribution in [3.05, 3.63) is 65.2 Å². The maximum absolute atomic E-state index is 12.7. The maximum atomic E-state index is 12.7. The van der Waals surface area contributed by atoms with Crippen molar-refractivity contribution in [2.75, 3.05) is 5.32 Å². The number of carbonyl (C=O) groups is 1. The van der Waals surface area contributed by atoms with Gasteiger partial charge < -0.3 is 5.32 Å². The van der Waals surface area contributed by atoms with Gasteiger partial charge in [-0.25, -0.2) is 0 Å². The number of rotatable bonds is 6. The second kappa shape index (κ2) is 7.87. The second-order valence-electron chi connectivity index (χ2n) is 6.60. The third-order valence-electron chi connectivity index (χ3n) is 4.20. The number of amides is 1. The Morgan fingerprint density at radius 3 is 2.54 bits per heavy atom. The lowest BCUT2D eigenvalue weighted by atomic mass is 10.1. The summed E-state index contributed by atoms with van der Waals surface area (Å²) in [6.07, 6.45) is -1.25. The van der Waals surface area contributed by atoms with E-state index in [0.29, 0.717) is 17.9 Å². The molecule has 0 radical (unpaired) electrons. The first-order valence-corrected chi connectivity index (χ1v) is 8.70. The number of anilines is 1. The number of halogens is 3. The van der Waals surface area contributed by atoms with Gasteiger partial charge in [-0.15, -0.1) is 0 Å². The first-order chi connectivity index (χ1) is 13.2. The van der Waals surface area contributed by atoms with Crippen LogP contribution in [0.4, 0.5) is 18.9 Å². The number of alkyl halides is 3. The lowest BCUT2D eigenvalue weighted by Crippen LogP contribution is -2.16. The summed E-state index contributed by atoms with van der Waals surface area (Å²) in [7, 11) is 0. The summed E-state index contributed by atoms with van der Waals surface area (Å²) in [5.74, 6) is -0.321. The zero-order valence-electron chi connectivity index (χ0n) is 15.5. The molecule has 6 nitrogen and oxygen atoms in total. The minimum atomic E-state index is -4.50. The molecule has 2 aromatic heterocycles. The number of aryl methyl sites for hydroxylation is 3. The summed E-state index contributed by atoms with van der Waals surface area (Å²) in [5.41, 5.74) is 2.19. The Bertz CT molecular complexity index is 957. The van der Waals surface area contributed by atoms with Crippen LogP contribution >= 0.6 is 0 Å². The summed E-state index contributed by atoms with van der Waals surface area (Å²) in [6, 6.07) is 9.02. The molecule has 1 aromatic carbocycles. The Labute approximate surface area is 160 Å². The van der Waals surface area contributed by atoms with Crippen molar-refractivity contribution in [1.82, 2.24) is 19.6 Å². The lowest BCUT2D eigenvalue weighted by molar-refractivity contribution is -0.141. The van der Waals surface area contributed by atoms with Gasteiger partial charge in [0.1, 0.15) is 0 Å². The average molecular weight is 391 g/mol. The summed E-state index contributed by atoms with van der Waals surface area (Å²) >= 11 is 0. The quantitative estimate of drug-likeness (QED) is 0.695. The first kappa shape index (κ1) is 19.7. The highest BCUT2D eigenvalue weighted by molar-refractivity contribution is 5.90. The van der Waals surface area contributed by atoms with E-state index in [-0.39, 0.29) is 18.9 Å². The third-order valence-corrected chi connectivity index (χ3v) is 4.20. The highest BCUT2D eigenvalue weighted by Crippen LogP contribution is 2.28. The average Bonchev–Trinajstić information content (AvgIpc) is 3.21. The Kier molecular flexibility index (Phi) is 5.53. The molecule has 3 aromatic rings. The summed E-state index contributed by atoms with van der Waals surface area (Å²) in [4.78, 5) is 12.1. The Balaban J connectivity index is 1.53. The third kappa shape index (κ3) is 4.99. The zero-order valence-corrected chi connectivity index (χ0v) is 15.5. The fourth-order valence-corrected chi connectivity index (χ4v) is 2.70. The Morgan fingerprint density at radius 1 is 1.18 bits per heavy atom. The molecule has 1 amide bonds. The van der Waals surface area contributed by atoms with Crippen LogP contribution in [0.3, 0.4) is 0 Å². The van der Waals surface area contributed by atoms with Crippen molar-refractivity contribution in [2.24, 2.45) is 0 Å². The fourth-order valence-electron chi connectivity index (χ4n) is 2.70. The molecule has 2 heterocycles. The molecule has 9 heteroatoms. The summed E-state index contributed by atoms with van der Waals surface area (Å²) in [6.45, 7) is 4.17. The number of nitrogens with one attached hydrogen (secondary N) is 1. The van der Waals surface area contributed by atoms with Crippen LogP contribution in [0, 0.1) is 13.8 Å². The van der Waals surface area contributed by atoms with Crippen LogP contribution in [0.1, 0.15) is 28.9 Å². The van der Waals surface area contributed by atoms with E-state index in [1.165, 1.54) is 23.4 Å². The van der Waals surface area contributed by atoms with Crippen LogP contribution < -0.4 is 5.32 Å². The molecule has 0 bridgehead atoms. The number of aromatic nitrogens is 4. The molecule has 148 valence electrons. The van der Waals surface area contributed by atoms with Gasteiger partial charge in [0.05, 0.1) is 18.4 Å². The van der Waals surface area contributed by atoms with Crippen molar-refractivity contribution < 1.29 is 18.0 Å². The van der Waals surface area contributed by atoms with Crippen molar-refractivity contribution >= 4 is 11.6 Å². The van der Waals surface area contributed by atoms with Crippen molar-refractivity contribution in [3.8, 4) is 0 Å². The Hall–Kier alpha value is -3.10. The largest absolute Gasteiger partial charge is 0.435 e. The molecule has 0 aliphatic heterocycles. The van der Waals surface area contributed by atoms with Crippen molar-refractivity contribution in [1.29, 1.82) is 0 Å². The fraction of sp³-hybridized carbons (Fsp3) is 0.316. The molecule has 0 unspecified atom stereocenters. The van der Waals surface area contributed by atoms with Gasteiger partial charge in [0.25, 0.3) is 0 Å². The first-order valence-electron chi connectivity index (χ1n) is 8.70. The highest BCUT2D eigenvalue weighted by atomic mass is 19.4. The van der Waals surface area contributed by atoms with E-state index in [1.54, 1.807) is 10.9 Å². The topological polar surface area (TPSA) is 64.7 Å². The molecular weight excluding hydrogens is 371 g/mol. The predicted octanol–water partition coefficient (Wildman–Crippen LogP) is 3.79. The molecule has 0 spiro atoms. The summed E-state index contributed by atoms with van der Waals surface area (Å²) in [5, 5.41) is 10.4.